The lowest BCUT2D eigenvalue weighted by atomic mass is 10.1. The van der Waals surface area contributed by atoms with E-state index < -0.39 is 0 Å². The Hall–Kier alpha value is -1.90. The standard InChI is InChI=1S/C19H23BrN4.C2H6/c1-5-6-18(16(4)12-21)24-9-7-23(8-10-24)13-17-14(2)11-15(3)19(20)22-17;1-2/h5-6,11H,1,4,7-10,13H2,2-3H3;1-2H3/b18-6+;. The number of nitrogens with zero attached hydrogens (tertiary/aromatic N) is 4. The minimum Gasteiger partial charge on any atom is -0.368 e. The molecule has 2 heterocycles. The van der Waals surface area contributed by atoms with Gasteiger partial charge in [-0.05, 0) is 47.0 Å². The van der Waals surface area contributed by atoms with Crippen molar-refractivity contribution in [2.45, 2.75) is 34.2 Å². The number of allylic oxidation sites excluding steroid dienone is 3. The topological polar surface area (TPSA) is 43.2 Å². The second-order valence-electron chi connectivity index (χ2n) is 6.00. The quantitative estimate of drug-likeness (QED) is 0.394. The normalized spacial score (nSPS) is 14.9. The molecule has 4 nitrogen and oxygen atoms in total. The molecule has 1 aromatic rings. The number of piperazine rings is 1. The Morgan fingerprint density at radius 1 is 1.27 bits per heavy atom. The number of aromatic nitrogens is 1. The highest BCUT2D eigenvalue weighted by Gasteiger charge is 2.21. The molecule has 1 aliphatic heterocycles. The van der Waals surface area contributed by atoms with E-state index in [0.717, 1.165) is 54.3 Å². The monoisotopic (exact) mass is 416 g/mol. The molecular weight excluding hydrogens is 388 g/mol. The summed E-state index contributed by atoms with van der Waals surface area (Å²) in [6.07, 6.45) is 3.57. The predicted molar refractivity (Wildman–Crippen MR) is 113 cm³/mol. The van der Waals surface area contributed by atoms with Crippen molar-refractivity contribution in [2.24, 2.45) is 0 Å². The molecule has 0 spiro atoms. The first-order valence-corrected chi connectivity index (χ1v) is 9.77. The average Bonchev–Trinajstić information content (AvgIpc) is 2.66. The van der Waals surface area contributed by atoms with Gasteiger partial charge in [0.15, 0.2) is 0 Å². The first-order chi connectivity index (χ1) is 12.5. The Morgan fingerprint density at radius 3 is 2.42 bits per heavy atom. The fourth-order valence-electron chi connectivity index (χ4n) is 2.85. The van der Waals surface area contributed by atoms with E-state index in [1.165, 1.54) is 5.56 Å². The zero-order valence-corrected chi connectivity index (χ0v) is 17.9. The lowest BCUT2D eigenvalue weighted by molar-refractivity contribution is 0.153. The molecule has 1 aromatic heterocycles. The zero-order valence-electron chi connectivity index (χ0n) is 16.3. The van der Waals surface area contributed by atoms with Gasteiger partial charge in [-0.3, -0.25) is 4.90 Å². The lowest BCUT2D eigenvalue weighted by Gasteiger charge is -2.37. The first kappa shape index (κ1) is 22.1. The minimum absolute atomic E-state index is 0.489. The lowest BCUT2D eigenvalue weighted by Crippen LogP contribution is -2.45. The summed E-state index contributed by atoms with van der Waals surface area (Å²) in [7, 11) is 0. The molecule has 0 unspecified atom stereocenters. The molecule has 0 bridgehead atoms. The number of hydrogen-bond donors (Lipinski definition) is 0. The summed E-state index contributed by atoms with van der Waals surface area (Å²) in [6.45, 7) is 20.2. The van der Waals surface area contributed by atoms with Crippen LogP contribution in [0, 0.1) is 25.2 Å². The molecule has 1 saturated heterocycles. The predicted octanol–water partition coefficient (Wildman–Crippen LogP) is 4.75. The van der Waals surface area contributed by atoms with Crippen LogP contribution in [0.15, 0.2) is 47.2 Å². The Labute approximate surface area is 166 Å². The molecule has 0 aliphatic carbocycles. The molecule has 1 fully saturated rings. The number of aryl methyl sites for hydroxylation is 2. The Morgan fingerprint density at radius 2 is 1.88 bits per heavy atom. The van der Waals surface area contributed by atoms with Gasteiger partial charge < -0.3 is 4.90 Å². The molecule has 2 rings (SSSR count). The van der Waals surface area contributed by atoms with Crippen LogP contribution in [0.3, 0.4) is 0 Å². The zero-order chi connectivity index (χ0) is 19.7. The molecule has 26 heavy (non-hydrogen) atoms. The van der Waals surface area contributed by atoms with Crippen molar-refractivity contribution < 1.29 is 0 Å². The third kappa shape index (κ3) is 5.82. The van der Waals surface area contributed by atoms with Gasteiger partial charge in [-0.1, -0.05) is 39.1 Å². The van der Waals surface area contributed by atoms with Gasteiger partial charge in [-0.2, -0.15) is 5.26 Å². The van der Waals surface area contributed by atoms with Gasteiger partial charge in [0.05, 0.1) is 17.0 Å². The van der Waals surface area contributed by atoms with Crippen LogP contribution >= 0.6 is 15.9 Å². The third-order valence-electron chi connectivity index (χ3n) is 4.25. The number of rotatable bonds is 5. The van der Waals surface area contributed by atoms with Crippen LogP contribution in [0.1, 0.15) is 30.7 Å². The molecule has 0 aromatic carbocycles. The maximum Gasteiger partial charge on any atom is 0.109 e. The summed E-state index contributed by atoms with van der Waals surface area (Å²) in [5.74, 6) is 0. The van der Waals surface area contributed by atoms with E-state index in [1.54, 1.807) is 6.08 Å². The summed E-state index contributed by atoms with van der Waals surface area (Å²) in [5, 5.41) is 9.11. The van der Waals surface area contributed by atoms with Gasteiger partial charge >= 0.3 is 0 Å². The van der Waals surface area contributed by atoms with Gasteiger partial charge in [-0.15, -0.1) is 0 Å². The van der Waals surface area contributed by atoms with Crippen molar-refractivity contribution in [1.29, 1.82) is 5.26 Å². The summed E-state index contributed by atoms with van der Waals surface area (Å²) in [4.78, 5) is 9.27. The van der Waals surface area contributed by atoms with Crippen molar-refractivity contribution >= 4 is 15.9 Å². The fourth-order valence-corrected chi connectivity index (χ4v) is 3.18. The Balaban J connectivity index is 0.00000163. The molecule has 1 aliphatic rings. The van der Waals surface area contributed by atoms with E-state index in [2.05, 4.69) is 69.9 Å². The maximum atomic E-state index is 9.11. The molecule has 5 heteroatoms. The summed E-state index contributed by atoms with van der Waals surface area (Å²) >= 11 is 3.52. The Bertz CT molecular complexity index is 707. The van der Waals surface area contributed by atoms with Crippen LogP contribution < -0.4 is 0 Å². The van der Waals surface area contributed by atoms with E-state index in [4.69, 9.17) is 5.26 Å². The largest absolute Gasteiger partial charge is 0.368 e. The highest BCUT2D eigenvalue weighted by Crippen LogP contribution is 2.20. The molecular formula is C21H29BrN4. The second-order valence-corrected chi connectivity index (χ2v) is 6.75. The van der Waals surface area contributed by atoms with Crippen LogP contribution in [0.5, 0.6) is 0 Å². The summed E-state index contributed by atoms with van der Waals surface area (Å²) in [6, 6.07) is 4.31. The summed E-state index contributed by atoms with van der Waals surface area (Å²) in [5.41, 5.74) is 4.87. The van der Waals surface area contributed by atoms with E-state index in [-0.39, 0.29) is 0 Å². The van der Waals surface area contributed by atoms with Crippen LogP contribution in [0.2, 0.25) is 0 Å². The van der Waals surface area contributed by atoms with Gasteiger partial charge in [0.25, 0.3) is 0 Å². The number of pyridine rings is 1. The van der Waals surface area contributed by atoms with E-state index in [0.29, 0.717) is 5.57 Å². The Kier molecular flexibility index (Phi) is 9.32. The van der Waals surface area contributed by atoms with Crippen LogP contribution in [-0.2, 0) is 6.54 Å². The van der Waals surface area contributed by atoms with Crippen LogP contribution in [0.25, 0.3) is 0 Å². The van der Waals surface area contributed by atoms with Crippen LogP contribution in [-0.4, -0.2) is 41.0 Å². The van der Waals surface area contributed by atoms with Crippen molar-refractivity contribution in [3.8, 4) is 6.07 Å². The van der Waals surface area contributed by atoms with E-state index in [1.807, 2.05) is 19.9 Å². The van der Waals surface area contributed by atoms with Crippen molar-refractivity contribution in [3.05, 3.63) is 64.1 Å². The van der Waals surface area contributed by atoms with Crippen molar-refractivity contribution in [1.82, 2.24) is 14.8 Å². The number of hydrogen-bond acceptors (Lipinski definition) is 4. The molecule has 0 N–H and O–H groups in total. The molecule has 0 atom stereocenters. The van der Waals surface area contributed by atoms with Gasteiger partial charge in [0.1, 0.15) is 10.7 Å². The maximum absolute atomic E-state index is 9.11. The fraction of sp³-hybridized carbons (Fsp3) is 0.429. The molecule has 0 radical (unpaired) electrons. The number of halogens is 1. The average molecular weight is 417 g/mol. The summed E-state index contributed by atoms with van der Waals surface area (Å²) < 4.78 is 0.920. The van der Waals surface area contributed by atoms with Gasteiger partial charge in [0, 0.05) is 32.7 Å². The molecule has 0 saturated carbocycles. The third-order valence-corrected chi connectivity index (χ3v) is 5.06. The van der Waals surface area contributed by atoms with Crippen molar-refractivity contribution in [2.75, 3.05) is 26.2 Å². The highest BCUT2D eigenvalue weighted by atomic mass is 79.9. The molecule has 0 amide bonds. The van der Waals surface area contributed by atoms with E-state index in [9.17, 15) is 0 Å². The van der Waals surface area contributed by atoms with Gasteiger partial charge in [0.2, 0.25) is 0 Å². The van der Waals surface area contributed by atoms with Crippen LogP contribution in [0.4, 0.5) is 0 Å². The second kappa shape index (κ2) is 10.9. The van der Waals surface area contributed by atoms with E-state index >= 15 is 0 Å². The molecule has 140 valence electrons. The highest BCUT2D eigenvalue weighted by molar-refractivity contribution is 9.10. The smallest absolute Gasteiger partial charge is 0.109 e. The first-order valence-electron chi connectivity index (χ1n) is 8.98. The van der Waals surface area contributed by atoms with Crippen molar-refractivity contribution in [3.63, 3.8) is 0 Å². The minimum atomic E-state index is 0.489. The SMILES string of the molecule is C=C/C=C(\C(=C)C#N)N1CCN(Cc2nc(Br)c(C)cc2C)CC1.CC. The van der Waals surface area contributed by atoms with Gasteiger partial charge in [-0.25, -0.2) is 4.98 Å². The number of nitriles is 1.